The van der Waals surface area contributed by atoms with Gasteiger partial charge in [-0.15, -0.1) is 0 Å². The van der Waals surface area contributed by atoms with Crippen LogP contribution in [0.2, 0.25) is 0 Å². The second kappa shape index (κ2) is 5.44. The fraction of sp³-hybridized carbons (Fsp3) is 0.222. The van der Waals surface area contributed by atoms with E-state index in [0.717, 1.165) is 5.56 Å². The number of carboxylic acid groups (broad SMARTS) is 1. The molecule has 0 aromatic heterocycles. The summed E-state index contributed by atoms with van der Waals surface area (Å²) in [6.07, 6.45) is 0.255. The predicted octanol–water partition coefficient (Wildman–Crippen LogP) is 1.23. The van der Waals surface area contributed by atoms with E-state index in [4.69, 9.17) is 10.8 Å². The minimum Gasteiger partial charge on any atom is -0.480 e. The Hall–Kier alpha value is -1.45. The average molecular weight is 227 g/mol. The summed E-state index contributed by atoms with van der Waals surface area (Å²) >= 11 is 0. The third kappa shape index (κ3) is 3.65. The number of nitrogens with two attached hydrogens (primary N) is 1. The highest BCUT2D eigenvalue weighted by Gasteiger charge is 2.11. The number of hydrogen-bond acceptors (Lipinski definition) is 4. The van der Waals surface area contributed by atoms with E-state index in [9.17, 15) is 9.36 Å². The summed E-state index contributed by atoms with van der Waals surface area (Å²) < 4.78 is 14.8. The van der Waals surface area contributed by atoms with E-state index in [0.29, 0.717) is 5.75 Å². The normalized spacial score (nSPS) is 12.3. The highest BCUT2D eigenvalue weighted by atomic mass is 31.1. The Labute approximate surface area is 88.1 Å². The van der Waals surface area contributed by atoms with Gasteiger partial charge in [-0.1, -0.05) is 12.1 Å². The maximum absolute atomic E-state index is 10.5. The molecule has 1 atom stereocenters. The second-order valence-corrected chi connectivity index (χ2v) is 3.29. The molecule has 0 saturated carbocycles. The van der Waals surface area contributed by atoms with Crippen molar-refractivity contribution >= 4 is 14.7 Å². The standard InChI is InChI=1S/C9H10NO4P/c10-8(9(11)12)5-6-1-3-7(4-2-6)14-15-13/h1-4,8H,5,10H2,(H,11,12)/t8-/m0/s1. The molecular formula is C9H10NO4P. The maximum atomic E-state index is 10.5. The molecule has 0 radical (unpaired) electrons. The fourth-order valence-corrected chi connectivity index (χ4v) is 1.28. The van der Waals surface area contributed by atoms with Crippen LogP contribution in [0, 0.1) is 0 Å². The molecule has 1 aromatic carbocycles. The summed E-state index contributed by atoms with van der Waals surface area (Å²) in [4.78, 5) is 10.5. The SMILES string of the molecule is N[C@@H](Cc1ccc(OP=O)cc1)C(=O)O. The van der Waals surface area contributed by atoms with Crippen molar-refractivity contribution < 1.29 is 19.0 Å². The van der Waals surface area contributed by atoms with Crippen molar-refractivity contribution in [1.82, 2.24) is 0 Å². The lowest BCUT2D eigenvalue weighted by Gasteiger charge is -2.06. The summed E-state index contributed by atoms with van der Waals surface area (Å²) in [5.74, 6) is -0.576. The molecule has 6 heteroatoms. The number of aliphatic carboxylic acids is 1. The molecule has 0 aliphatic heterocycles. The van der Waals surface area contributed by atoms with Gasteiger partial charge in [-0.2, -0.15) is 0 Å². The van der Waals surface area contributed by atoms with E-state index in [1.807, 2.05) is 0 Å². The van der Waals surface area contributed by atoms with Crippen LogP contribution in [0.25, 0.3) is 0 Å². The van der Waals surface area contributed by atoms with Crippen LogP contribution in [0.5, 0.6) is 5.75 Å². The highest BCUT2D eigenvalue weighted by molar-refractivity contribution is 7.17. The zero-order valence-corrected chi connectivity index (χ0v) is 8.68. The molecule has 0 saturated heterocycles. The minimum atomic E-state index is -1.03. The second-order valence-electron chi connectivity index (χ2n) is 2.96. The van der Waals surface area contributed by atoms with Crippen LogP contribution >= 0.6 is 8.69 Å². The average Bonchev–Trinajstić information content (AvgIpc) is 2.21. The largest absolute Gasteiger partial charge is 0.480 e. The number of carboxylic acids is 1. The topological polar surface area (TPSA) is 89.6 Å². The lowest BCUT2D eigenvalue weighted by molar-refractivity contribution is -0.138. The van der Waals surface area contributed by atoms with Crippen LogP contribution in [0.15, 0.2) is 24.3 Å². The lowest BCUT2D eigenvalue weighted by Crippen LogP contribution is -2.32. The van der Waals surface area contributed by atoms with Gasteiger partial charge in [-0.3, -0.25) is 4.79 Å². The monoisotopic (exact) mass is 227 g/mol. The minimum absolute atomic E-state index is 0.255. The van der Waals surface area contributed by atoms with Crippen molar-refractivity contribution in [3.63, 3.8) is 0 Å². The molecule has 80 valence electrons. The van der Waals surface area contributed by atoms with Gasteiger partial charge in [0.2, 0.25) is 0 Å². The molecule has 0 fully saturated rings. The molecule has 0 heterocycles. The Morgan fingerprint density at radius 3 is 2.53 bits per heavy atom. The maximum Gasteiger partial charge on any atom is 0.395 e. The summed E-state index contributed by atoms with van der Waals surface area (Å²) in [6, 6.07) is 5.67. The Bertz CT molecular complexity index is 352. The van der Waals surface area contributed by atoms with Crippen LogP contribution in [0.4, 0.5) is 0 Å². The number of benzene rings is 1. The van der Waals surface area contributed by atoms with Crippen molar-refractivity contribution in [2.24, 2.45) is 5.73 Å². The molecule has 0 aliphatic carbocycles. The number of carbonyl (C=O) groups is 1. The van der Waals surface area contributed by atoms with Crippen molar-refractivity contribution in [1.29, 1.82) is 0 Å². The zero-order valence-electron chi connectivity index (χ0n) is 7.79. The zero-order chi connectivity index (χ0) is 11.3. The van der Waals surface area contributed by atoms with E-state index in [1.165, 1.54) is 0 Å². The first-order chi connectivity index (χ1) is 7.13. The van der Waals surface area contributed by atoms with E-state index in [1.54, 1.807) is 24.3 Å². The molecule has 0 spiro atoms. The Morgan fingerprint density at radius 2 is 2.07 bits per heavy atom. The molecule has 0 bridgehead atoms. The van der Waals surface area contributed by atoms with Crippen molar-refractivity contribution in [3.8, 4) is 5.75 Å². The van der Waals surface area contributed by atoms with E-state index in [-0.39, 0.29) is 6.42 Å². The molecule has 0 unspecified atom stereocenters. The Kier molecular flexibility index (Phi) is 4.21. The van der Waals surface area contributed by atoms with Gasteiger partial charge in [-0.25, -0.2) is 4.57 Å². The van der Waals surface area contributed by atoms with Gasteiger partial charge in [0.15, 0.2) is 0 Å². The molecule has 1 rings (SSSR count). The van der Waals surface area contributed by atoms with Gasteiger partial charge in [0, 0.05) is 0 Å². The molecule has 0 aliphatic rings. The van der Waals surface area contributed by atoms with E-state index in [2.05, 4.69) is 4.52 Å². The van der Waals surface area contributed by atoms with Gasteiger partial charge >= 0.3 is 14.7 Å². The highest BCUT2D eigenvalue weighted by Crippen LogP contribution is 2.16. The third-order valence-electron chi connectivity index (χ3n) is 1.84. The Balaban J connectivity index is 2.64. The molecule has 3 N–H and O–H groups in total. The van der Waals surface area contributed by atoms with Crippen molar-refractivity contribution in [3.05, 3.63) is 29.8 Å². The predicted molar refractivity (Wildman–Crippen MR) is 54.0 cm³/mol. The summed E-state index contributed by atoms with van der Waals surface area (Å²) in [7, 11) is -0.417. The third-order valence-corrected chi connectivity index (χ3v) is 2.12. The molecule has 0 amide bonds. The van der Waals surface area contributed by atoms with Gasteiger partial charge in [0.05, 0.1) is 0 Å². The van der Waals surface area contributed by atoms with Gasteiger partial charge in [0.1, 0.15) is 11.8 Å². The van der Waals surface area contributed by atoms with Crippen molar-refractivity contribution in [2.75, 3.05) is 0 Å². The van der Waals surface area contributed by atoms with E-state index < -0.39 is 20.7 Å². The first-order valence-corrected chi connectivity index (χ1v) is 4.93. The van der Waals surface area contributed by atoms with Gasteiger partial charge < -0.3 is 15.4 Å². The summed E-state index contributed by atoms with van der Waals surface area (Å²) in [5, 5.41) is 8.59. The molecular weight excluding hydrogens is 217 g/mol. The number of rotatable bonds is 5. The van der Waals surface area contributed by atoms with Gasteiger partial charge in [-0.05, 0) is 24.1 Å². The quantitative estimate of drug-likeness (QED) is 0.738. The van der Waals surface area contributed by atoms with Gasteiger partial charge in [0.25, 0.3) is 0 Å². The first kappa shape index (κ1) is 11.6. The van der Waals surface area contributed by atoms with Crippen LogP contribution in [0.3, 0.4) is 0 Å². The van der Waals surface area contributed by atoms with Crippen LogP contribution in [-0.4, -0.2) is 17.1 Å². The van der Waals surface area contributed by atoms with Crippen molar-refractivity contribution in [2.45, 2.75) is 12.5 Å². The first-order valence-electron chi connectivity index (χ1n) is 4.20. The van der Waals surface area contributed by atoms with Crippen LogP contribution in [0.1, 0.15) is 5.56 Å². The fourth-order valence-electron chi connectivity index (χ4n) is 1.07. The molecule has 5 nitrogen and oxygen atoms in total. The summed E-state index contributed by atoms with van der Waals surface area (Å²) in [5.41, 5.74) is 6.15. The van der Waals surface area contributed by atoms with Crippen LogP contribution < -0.4 is 10.3 Å². The number of hydrogen-bond donors (Lipinski definition) is 2. The van der Waals surface area contributed by atoms with E-state index >= 15 is 0 Å². The molecule has 15 heavy (non-hydrogen) atoms. The summed E-state index contributed by atoms with van der Waals surface area (Å²) in [6.45, 7) is 0. The van der Waals surface area contributed by atoms with Crippen LogP contribution in [-0.2, 0) is 15.8 Å². The molecule has 1 aromatic rings. The Morgan fingerprint density at radius 1 is 1.47 bits per heavy atom. The lowest BCUT2D eigenvalue weighted by atomic mass is 10.1. The smallest absolute Gasteiger partial charge is 0.395 e.